The van der Waals surface area contributed by atoms with Gasteiger partial charge < -0.3 is 9.64 Å². The molecule has 3 heterocycles. The molecule has 8 nitrogen and oxygen atoms in total. The van der Waals surface area contributed by atoms with Crippen molar-refractivity contribution in [2.45, 2.75) is 39.6 Å². The van der Waals surface area contributed by atoms with Gasteiger partial charge in [0, 0.05) is 18.8 Å². The standard InChI is InChI=1S/C20H24N6O2/c1-15-8-16(2)25(22-15)12-20(27)24-10-19(11-24)26-9-18(21-23-26)14-28-13-17-6-4-3-5-7-17/h3-9,19H,10-14H2,1-2H3. The highest BCUT2D eigenvalue weighted by molar-refractivity contribution is 5.76. The summed E-state index contributed by atoms with van der Waals surface area (Å²) >= 11 is 0. The molecule has 146 valence electrons. The number of hydrogen-bond acceptors (Lipinski definition) is 5. The first-order valence-corrected chi connectivity index (χ1v) is 9.39. The van der Waals surface area contributed by atoms with Crippen LogP contribution in [0.2, 0.25) is 0 Å². The Morgan fingerprint density at radius 1 is 1.18 bits per heavy atom. The van der Waals surface area contributed by atoms with E-state index in [1.54, 1.807) is 4.68 Å². The molecule has 0 spiro atoms. The van der Waals surface area contributed by atoms with Crippen LogP contribution in [0.25, 0.3) is 0 Å². The largest absolute Gasteiger partial charge is 0.370 e. The SMILES string of the molecule is Cc1cc(C)n(CC(=O)N2CC(n3cc(COCc4ccccc4)nn3)C2)n1. The number of aryl methyl sites for hydroxylation is 2. The Labute approximate surface area is 163 Å². The first kappa shape index (κ1) is 18.4. The molecular formula is C20H24N6O2. The second kappa shape index (κ2) is 7.93. The van der Waals surface area contributed by atoms with Crippen LogP contribution in [0.3, 0.4) is 0 Å². The molecule has 8 heteroatoms. The number of likely N-dealkylation sites (tertiary alicyclic amines) is 1. The molecule has 4 rings (SSSR count). The molecule has 2 aromatic heterocycles. The third-order valence-corrected chi connectivity index (χ3v) is 4.90. The Hall–Kier alpha value is -3.00. The highest BCUT2D eigenvalue weighted by Crippen LogP contribution is 2.21. The maximum atomic E-state index is 12.4. The Morgan fingerprint density at radius 3 is 2.68 bits per heavy atom. The molecule has 0 bridgehead atoms. The van der Waals surface area contributed by atoms with E-state index < -0.39 is 0 Å². The average Bonchev–Trinajstić information content (AvgIpc) is 3.21. The lowest BCUT2D eigenvalue weighted by atomic mass is 10.1. The van der Waals surface area contributed by atoms with Crippen molar-refractivity contribution < 1.29 is 9.53 Å². The number of rotatable bonds is 7. The van der Waals surface area contributed by atoms with Crippen LogP contribution in [-0.4, -0.2) is 48.7 Å². The van der Waals surface area contributed by atoms with Gasteiger partial charge in [0.15, 0.2) is 0 Å². The fraction of sp³-hybridized carbons (Fsp3) is 0.400. The van der Waals surface area contributed by atoms with Gasteiger partial charge in [0.05, 0.1) is 31.1 Å². The third-order valence-electron chi connectivity index (χ3n) is 4.90. The number of nitrogens with zero attached hydrogens (tertiary/aromatic N) is 6. The number of benzene rings is 1. The molecule has 1 aliphatic rings. The van der Waals surface area contributed by atoms with Gasteiger partial charge in [-0.25, -0.2) is 4.68 Å². The zero-order valence-electron chi connectivity index (χ0n) is 16.2. The van der Waals surface area contributed by atoms with Gasteiger partial charge in [-0.3, -0.25) is 9.48 Å². The highest BCUT2D eigenvalue weighted by Gasteiger charge is 2.33. The van der Waals surface area contributed by atoms with Gasteiger partial charge in [-0.05, 0) is 25.5 Å². The van der Waals surface area contributed by atoms with Crippen LogP contribution < -0.4 is 0 Å². The lowest BCUT2D eigenvalue weighted by Gasteiger charge is -2.38. The molecule has 1 fully saturated rings. The second-order valence-electron chi connectivity index (χ2n) is 7.21. The Balaban J connectivity index is 1.23. The van der Waals surface area contributed by atoms with Gasteiger partial charge in [-0.1, -0.05) is 35.5 Å². The predicted octanol–water partition coefficient (Wildman–Crippen LogP) is 1.89. The van der Waals surface area contributed by atoms with Crippen molar-refractivity contribution in [3.63, 3.8) is 0 Å². The van der Waals surface area contributed by atoms with Gasteiger partial charge in [-0.15, -0.1) is 5.10 Å². The molecule has 1 aliphatic heterocycles. The van der Waals surface area contributed by atoms with E-state index in [1.165, 1.54) is 0 Å². The lowest BCUT2D eigenvalue weighted by molar-refractivity contribution is -0.138. The Morgan fingerprint density at radius 2 is 1.96 bits per heavy atom. The summed E-state index contributed by atoms with van der Waals surface area (Å²) in [4.78, 5) is 14.2. The normalized spacial score (nSPS) is 14.3. The van der Waals surface area contributed by atoms with E-state index in [2.05, 4.69) is 15.4 Å². The maximum Gasteiger partial charge on any atom is 0.244 e. The summed E-state index contributed by atoms with van der Waals surface area (Å²) in [6, 6.07) is 12.2. The molecule has 0 unspecified atom stereocenters. The number of hydrogen-bond donors (Lipinski definition) is 0. The molecule has 1 aromatic carbocycles. The molecule has 1 saturated heterocycles. The minimum Gasteiger partial charge on any atom is -0.370 e. The number of carbonyl (C=O) groups excluding carboxylic acids is 1. The molecule has 0 N–H and O–H groups in total. The molecular weight excluding hydrogens is 356 g/mol. The van der Waals surface area contributed by atoms with E-state index in [0.717, 1.165) is 22.6 Å². The van der Waals surface area contributed by atoms with Gasteiger partial charge in [0.1, 0.15) is 12.2 Å². The summed E-state index contributed by atoms with van der Waals surface area (Å²) in [6.45, 7) is 6.43. The molecule has 3 aromatic rings. The Kier molecular flexibility index (Phi) is 5.21. The van der Waals surface area contributed by atoms with Crippen molar-refractivity contribution in [1.82, 2.24) is 29.7 Å². The smallest absolute Gasteiger partial charge is 0.244 e. The fourth-order valence-electron chi connectivity index (χ4n) is 3.30. The Bertz CT molecular complexity index is 943. The molecule has 28 heavy (non-hydrogen) atoms. The summed E-state index contributed by atoms with van der Waals surface area (Å²) in [7, 11) is 0. The first-order valence-electron chi connectivity index (χ1n) is 9.39. The van der Waals surface area contributed by atoms with Crippen molar-refractivity contribution >= 4 is 5.91 Å². The topological polar surface area (TPSA) is 78.1 Å². The van der Waals surface area contributed by atoms with E-state index >= 15 is 0 Å². The van der Waals surface area contributed by atoms with Crippen molar-refractivity contribution in [3.8, 4) is 0 Å². The van der Waals surface area contributed by atoms with Gasteiger partial charge in [-0.2, -0.15) is 5.10 Å². The van der Waals surface area contributed by atoms with Gasteiger partial charge in [0.25, 0.3) is 0 Å². The van der Waals surface area contributed by atoms with Crippen molar-refractivity contribution in [2.24, 2.45) is 0 Å². The molecule has 0 radical (unpaired) electrons. The highest BCUT2D eigenvalue weighted by atomic mass is 16.5. The summed E-state index contributed by atoms with van der Waals surface area (Å²) in [5.74, 6) is 0.0778. The predicted molar refractivity (Wildman–Crippen MR) is 102 cm³/mol. The fourth-order valence-corrected chi connectivity index (χ4v) is 3.30. The average molecular weight is 380 g/mol. The minimum absolute atomic E-state index is 0.0778. The van der Waals surface area contributed by atoms with E-state index in [4.69, 9.17) is 4.74 Å². The van der Waals surface area contributed by atoms with Crippen LogP contribution in [0.1, 0.15) is 28.7 Å². The summed E-state index contributed by atoms with van der Waals surface area (Å²) in [6.07, 6.45) is 1.90. The van der Waals surface area contributed by atoms with Crippen LogP contribution in [0, 0.1) is 13.8 Å². The van der Waals surface area contributed by atoms with E-state index in [1.807, 2.05) is 66.0 Å². The molecule has 0 saturated carbocycles. The number of aromatic nitrogens is 5. The molecule has 0 aliphatic carbocycles. The van der Waals surface area contributed by atoms with Crippen molar-refractivity contribution in [2.75, 3.05) is 13.1 Å². The molecule has 1 amide bonds. The summed E-state index contributed by atoms with van der Waals surface area (Å²) in [5, 5.41) is 12.7. The summed E-state index contributed by atoms with van der Waals surface area (Å²) in [5.41, 5.74) is 3.85. The third kappa shape index (κ3) is 4.12. The van der Waals surface area contributed by atoms with Gasteiger partial charge >= 0.3 is 0 Å². The number of amides is 1. The van der Waals surface area contributed by atoms with E-state index in [-0.39, 0.29) is 18.5 Å². The summed E-state index contributed by atoms with van der Waals surface area (Å²) < 4.78 is 9.28. The van der Waals surface area contributed by atoms with Gasteiger partial charge in [0.2, 0.25) is 5.91 Å². The molecule has 0 atom stereocenters. The van der Waals surface area contributed by atoms with E-state index in [0.29, 0.717) is 26.3 Å². The zero-order chi connectivity index (χ0) is 19.5. The van der Waals surface area contributed by atoms with Crippen molar-refractivity contribution in [1.29, 1.82) is 0 Å². The number of carbonyl (C=O) groups is 1. The van der Waals surface area contributed by atoms with Crippen LogP contribution in [-0.2, 0) is 29.3 Å². The quantitative estimate of drug-likeness (QED) is 0.626. The zero-order valence-corrected chi connectivity index (χ0v) is 16.2. The van der Waals surface area contributed by atoms with Crippen LogP contribution in [0.5, 0.6) is 0 Å². The maximum absolute atomic E-state index is 12.4. The van der Waals surface area contributed by atoms with Crippen LogP contribution in [0.15, 0.2) is 42.6 Å². The monoisotopic (exact) mass is 380 g/mol. The second-order valence-corrected chi connectivity index (χ2v) is 7.21. The first-order chi connectivity index (χ1) is 13.6. The van der Waals surface area contributed by atoms with E-state index in [9.17, 15) is 4.79 Å². The van der Waals surface area contributed by atoms with Crippen LogP contribution in [0.4, 0.5) is 0 Å². The van der Waals surface area contributed by atoms with Crippen molar-refractivity contribution in [3.05, 3.63) is 65.2 Å². The van der Waals surface area contributed by atoms with Crippen LogP contribution >= 0.6 is 0 Å². The minimum atomic E-state index is 0.0778. The number of ether oxygens (including phenoxy) is 1. The lowest BCUT2D eigenvalue weighted by Crippen LogP contribution is -2.52.